The van der Waals surface area contributed by atoms with E-state index in [1.165, 1.54) is 0 Å². The van der Waals surface area contributed by atoms with Crippen molar-refractivity contribution in [2.75, 3.05) is 6.61 Å². The number of nitrogens with zero attached hydrogens (tertiary/aromatic N) is 1. The number of ether oxygens (including phenoxy) is 5. The maximum absolute atomic E-state index is 11.2. The summed E-state index contributed by atoms with van der Waals surface area (Å²) in [7, 11) is 0. The molecule has 0 radical (unpaired) electrons. The summed E-state index contributed by atoms with van der Waals surface area (Å²) in [6.07, 6.45) is 2.71. The Labute approximate surface area is 287 Å². The average Bonchev–Trinajstić information content (AvgIpc) is 3.14. The van der Waals surface area contributed by atoms with Gasteiger partial charge in [0.15, 0.2) is 6.29 Å². The van der Waals surface area contributed by atoms with Crippen LogP contribution in [-0.2, 0) is 18.0 Å². The van der Waals surface area contributed by atoms with E-state index in [0.717, 1.165) is 46.5 Å². The molecule has 252 valence electrons. The molecule has 10 nitrogen and oxygen atoms in total. The highest BCUT2D eigenvalue weighted by molar-refractivity contribution is 6.08. The van der Waals surface area contributed by atoms with Gasteiger partial charge in [-0.2, -0.15) is 0 Å². The average molecular weight is 672 g/mol. The lowest BCUT2D eigenvalue weighted by molar-refractivity contribution is -0.105. The third-order valence-corrected chi connectivity index (χ3v) is 8.36. The third-order valence-electron chi connectivity index (χ3n) is 8.36. The van der Waals surface area contributed by atoms with Crippen molar-refractivity contribution in [3.8, 4) is 28.9 Å². The van der Waals surface area contributed by atoms with E-state index in [1.807, 2.05) is 60.7 Å². The second-order valence-electron chi connectivity index (χ2n) is 11.9. The zero-order valence-electron chi connectivity index (χ0n) is 26.9. The summed E-state index contributed by atoms with van der Waals surface area (Å²) < 4.78 is 30.3. The molecule has 50 heavy (non-hydrogen) atoms. The molecular formula is C40H33NO9. The molecule has 0 saturated carbocycles. The number of aromatic carboxylic acids is 2. The molecule has 1 saturated heterocycles. The monoisotopic (exact) mass is 671 g/mol. The van der Waals surface area contributed by atoms with E-state index in [-0.39, 0.29) is 30.6 Å². The predicted molar refractivity (Wildman–Crippen MR) is 185 cm³/mol. The van der Waals surface area contributed by atoms with Crippen LogP contribution in [0.2, 0.25) is 0 Å². The van der Waals surface area contributed by atoms with E-state index >= 15 is 0 Å². The SMILES string of the molecule is O=C(O)c1ccc(COc2ccc3c(c2)nc(Oc2ccc(OC4CCCCO4)cc2)c2cc(OCc4ccc(C(=O)O)cc4)ccc23)cc1. The van der Waals surface area contributed by atoms with E-state index in [1.54, 1.807) is 48.5 Å². The van der Waals surface area contributed by atoms with Gasteiger partial charge < -0.3 is 33.9 Å². The summed E-state index contributed by atoms with van der Waals surface area (Å²) in [6.45, 7) is 1.19. The number of hydrogen-bond donors (Lipinski definition) is 2. The first-order valence-electron chi connectivity index (χ1n) is 16.2. The minimum absolute atomic E-state index is 0.212. The van der Waals surface area contributed by atoms with Crippen molar-refractivity contribution in [2.45, 2.75) is 38.8 Å². The Bertz CT molecular complexity index is 2140. The summed E-state index contributed by atoms with van der Waals surface area (Å²) in [5.41, 5.74) is 2.75. The van der Waals surface area contributed by atoms with Crippen LogP contribution >= 0.6 is 0 Å². The van der Waals surface area contributed by atoms with Crippen molar-refractivity contribution >= 4 is 33.6 Å². The lowest BCUT2D eigenvalue weighted by atomic mass is 10.1. The second kappa shape index (κ2) is 14.6. The number of rotatable bonds is 12. The Morgan fingerprint density at radius 1 is 0.640 bits per heavy atom. The lowest BCUT2D eigenvalue weighted by Gasteiger charge is -2.23. The van der Waals surface area contributed by atoms with Crippen LogP contribution < -0.4 is 18.9 Å². The first kappa shape index (κ1) is 32.4. The van der Waals surface area contributed by atoms with E-state index < -0.39 is 11.9 Å². The smallest absolute Gasteiger partial charge is 0.335 e. The topological polar surface area (TPSA) is 134 Å². The fraction of sp³-hybridized carbons (Fsp3) is 0.175. The van der Waals surface area contributed by atoms with Gasteiger partial charge in [0.1, 0.15) is 36.2 Å². The van der Waals surface area contributed by atoms with Crippen molar-refractivity contribution in [2.24, 2.45) is 0 Å². The van der Waals surface area contributed by atoms with Crippen molar-refractivity contribution in [3.05, 3.63) is 131 Å². The zero-order valence-corrected chi connectivity index (χ0v) is 26.9. The molecule has 2 N–H and O–H groups in total. The van der Waals surface area contributed by atoms with Gasteiger partial charge >= 0.3 is 11.9 Å². The molecule has 1 aliphatic heterocycles. The molecule has 0 bridgehead atoms. The third kappa shape index (κ3) is 7.61. The molecule has 1 aromatic heterocycles. The highest BCUT2D eigenvalue weighted by Gasteiger charge is 2.17. The van der Waals surface area contributed by atoms with E-state index in [4.69, 9.17) is 28.7 Å². The molecule has 0 amide bonds. The van der Waals surface area contributed by atoms with Gasteiger partial charge in [-0.15, -0.1) is 0 Å². The van der Waals surface area contributed by atoms with Crippen molar-refractivity contribution in [1.82, 2.24) is 4.98 Å². The summed E-state index contributed by atoms with van der Waals surface area (Å²) in [5.74, 6) is 0.852. The molecular weight excluding hydrogens is 638 g/mol. The van der Waals surface area contributed by atoms with Crippen molar-refractivity contribution in [3.63, 3.8) is 0 Å². The zero-order chi connectivity index (χ0) is 34.5. The molecule has 10 heteroatoms. The Kier molecular flexibility index (Phi) is 9.43. The van der Waals surface area contributed by atoms with Gasteiger partial charge in [0.25, 0.3) is 0 Å². The van der Waals surface area contributed by atoms with Crippen LogP contribution in [0.25, 0.3) is 21.7 Å². The molecule has 6 aromatic rings. The van der Waals surface area contributed by atoms with E-state index in [0.29, 0.717) is 41.0 Å². The molecule has 1 atom stereocenters. The van der Waals surface area contributed by atoms with Crippen LogP contribution in [-0.4, -0.2) is 40.0 Å². The van der Waals surface area contributed by atoms with Crippen LogP contribution in [0.1, 0.15) is 51.1 Å². The highest BCUT2D eigenvalue weighted by Crippen LogP contribution is 2.37. The van der Waals surface area contributed by atoms with Gasteiger partial charge in [0, 0.05) is 23.3 Å². The van der Waals surface area contributed by atoms with Crippen LogP contribution in [0.5, 0.6) is 28.9 Å². The Hall–Kier alpha value is -6.13. The quantitative estimate of drug-likeness (QED) is 0.122. The molecule has 5 aromatic carbocycles. The number of hydrogen-bond acceptors (Lipinski definition) is 8. The molecule has 1 fully saturated rings. The maximum Gasteiger partial charge on any atom is 0.335 e. The van der Waals surface area contributed by atoms with Crippen LogP contribution in [0.4, 0.5) is 0 Å². The molecule has 7 rings (SSSR count). The maximum atomic E-state index is 11.2. The number of fused-ring (bicyclic) bond motifs is 3. The summed E-state index contributed by atoms with van der Waals surface area (Å²) in [6, 6.07) is 31.8. The Morgan fingerprint density at radius 2 is 1.20 bits per heavy atom. The molecule has 0 aliphatic carbocycles. The van der Waals surface area contributed by atoms with Gasteiger partial charge in [0.05, 0.1) is 23.3 Å². The standard InChI is InChI=1S/C40H33NO9/c42-39(43)27-8-4-25(5-9-27)23-47-31-16-18-33-34-19-17-32(48-24-26-6-10-28(11-7-26)40(44)45)22-36(34)41-38(35(33)21-31)50-30-14-12-29(13-15-30)49-37-3-1-2-20-46-37/h4-19,21-22,37H,1-3,20,23-24H2,(H,42,43)(H,44,45). The molecule has 0 spiro atoms. The summed E-state index contributed by atoms with van der Waals surface area (Å²) in [5, 5.41) is 20.9. The van der Waals surface area contributed by atoms with Crippen molar-refractivity contribution < 1.29 is 43.5 Å². The van der Waals surface area contributed by atoms with Gasteiger partial charge in [-0.25, -0.2) is 14.6 Å². The second-order valence-corrected chi connectivity index (χ2v) is 11.9. The molecule has 1 aliphatic rings. The number of carbonyl (C=O) groups is 2. The number of carboxylic acid groups (broad SMARTS) is 2. The minimum Gasteiger partial charge on any atom is -0.489 e. The number of aromatic nitrogens is 1. The first-order valence-corrected chi connectivity index (χ1v) is 16.2. The van der Waals surface area contributed by atoms with Gasteiger partial charge in [-0.3, -0.25) is 0 Å². The minimum atomic E-state index is -0.981. The normalized spacial score (nSPS) is 14.3. The number of pyridine rings is 1. The first-order chi connectivity index (χ1) is 24.4. The largest absolute Gasteiger partial charge is 0.489 e. The van der Waals surface area contributed by atoms with Crippen LogP contribution in [0.15, 0.2) is 109 Å². The van der Waals surface area contributed by atoms with Crippen LogP contribution in [0, 0.1) is 0 Å². The lowest BCUT2D eigenvalue weighted by Crippen LogP contribution is -2.24. The van der Waals surface area contributed by atoms with E-state index in [9.17, 15) is 19.8 Å². The van der Waals surface area contributed by atoms with Crippen molar-refractivity contribution in [1.29, 1.82) is 0 Å². The molecule has 2 heterocycles. The summed E-state index contributed by atoms with van der Waals surface area (Å²) >= 11 is 0. The fourth-order valence-electron chi connectivity index (χ4n) is 5.67. The van der Waals surface area contributed by atoms with Crippen LogP contribution in [0.3, 0.4) is 0 Å². The Morgan fingerprint density at radius 3 is 1.78 bits per heavy atom. The number of benzene rings is 5. The fourth-order valence-corrected chi connectivity index (χ4v) is 5.67. The van der Waals surface area contributed by atoms with E-state index in [2.05, 4.69) is 0 Å². The predicted octanol–water partition coefficient (Wildman–Crippen LogP) is 8.64. The van der Waals surface area contributed by atoms with Gasteiger partial charge in [-0.05, 0) is 108 Å². The summed E-state index contributed by atoms with van der Waals surface area (Å²) in [4.78, 5) is 27.3. The number of carboxylic acids is 2. The molecule has 1 unspecified atom stereocenters. The highest BCUT2D eigenvalue weighted by atomic mass is 16.7. The Balaban J connectivity index is 1.16. The van der Waals surface area contributed by atoms with Gasteiger partial charge in [-0.1, -0.05) is 24.3 Å². The van der Waals surface area contributed by atoms with Gasteiger partial charge in [0.2, 0.25) is 5.88 Å².